The predicted octanol–water partition coefficient (Wildman–Crippen LogP) is 6.12. The van der Waals surface area contributed by atoms with E-state index in [4.69, 9.17) is 19.7 Å². The molecule has 5 rings (SSSR count). The zero-order valence-electron chi connectivity index (χ0n) is 23.9. The summed E-state index contributed by atoms with van der Waals surface area (Å²) in [4.78, 5) is 28.4. The van der Waals surface area contributed by atoms with Crippen LogP contribution in [-0.2, 0) is 11.0 Å². The Morgan fingerprint density at radius 1 is 1.09 bits per heavy atom. The number of hydrogen-bond acceptors (Lipinski definition) is 8. The molecule has 0 saturated carbocycles. The molecule has 2 aromatic heterocycles. The number of oxazole rings is 1. The molecule has 0 bridgehead atoms. The number of benzene rings is 2. The summed E-state index contributed by atoms with van der Waals surface area (Å²) in [5.74, 6) is -2.03. The highest BCUT2D eigenvalue weighted by Crippen LogP contribution is 2.38. The molecular formula is C30H28F5N5O4. The van der Waals surface area contributed by atoms with E-state index in [9.17, 15) is 26.7 Å². The van der Waals surface area contributed by atoms with Crippen molar-refractivity contribution in [3.8, 4) is 17.2 Å². The maximum atomic E-state index is 14.5. The lowest BCUT2D eigenvalue weighted by Gasteiger charge is -2.32. The largest absolute Gasteiger partial charge is 0.494 e. The third kappa shape index (κ3) is 5.94. The number of alkyl halides is 3. The van der Waals surface area contributed by atoms with Crippen molar-refractivity contribution in [2.75, 3.05) is 27.3 Å². The van der Waals surface area contributed by atoms with Crippen molar-refractivity contribution in [2.45, 2.75) is 32.0 Å². The molecular weight excluding hydrogens is 589 g/mol. The molecule has 1 atom stereocenters. The molecule has 0 aliphatic carbocycles. The van der Waals surface area contributed by atoms with Gasteiger partial charge in [-0.3, -0.25) is 4.79 Å². The number of rotatable bonds is 7. The molecule has 14 heteroatoms. The topological polar surface area (TPSA) is 116 Å². The summed E-state index contributed by atoms with van der Waals surface area (Å²) in [5, 5.41) is 4.27. The van der Waals surface area contributed by atoms with Gasteiger partial charge in [0.1, 0.15) is 35.7 Å². The van der Waals surface area contributed by atoms with Crippen LogP contribution >= 0.6 is 0 Å². The van der Waals surface area contributed by atoms with Crippen molar-refractivity contribution >= 4 is 22.5 Å². The van der Waals surface area contributed by atoms with Crippen LogP contribution in [0.3, 0.4) is 0 Å². The molecule has 232 valence electrons. The number of oxime groups is 1. The standard InChI is InChI=1S/C30H28F5N5O4/c1-15(36)27-26(29(41)40-12-10-16(11-13-40)24(39-43-3)20-5-4-17(31)14-21(20)32)38-28(44-27)19-6-8-22(42-2)25-18(19)7-9-23(37-25)30(33,34)35/h4-9,14-16H,10-13,36H2,1-3H3/t15-/m1/s1. The van der Waals surface area contributed by atoms with Gasteiger partial charge in [0.25, 0.3) is 5.91 Å². The molecule has 1 aliphatic rings. The Balaban J connectivity index is 1.43. The number of pyridine rings is 1. The van der Waals surface area contributed by atoms with Gasteiger partial charge in [0.15, 0.2) is 11.5 Å². The molecule has 2 aromatic carbocycles. The zero-order valence-corrected chi connectivity index (χ0v) is 23.9. The van der Waals surface area contributed by atoms with Gasteiger partial charge in [-0.15, -0.1) is 0 Å². The molecule has 0 radical (unpaired) electrons. The molecule has 9 nitrogen and oxygen atoms in total. The first-order valence-corrected chi connectivity index (χ1v) is 13.6. The van der Waals surface area contributed by atoms with E-state index >= 15 is 0 Å². The normalized spacial score (nSPS) is 15.5. The second-order valence-electron chi connectivity index (χ2n) is 10.3. The van der Waals surface area contributed by atoms with E-state index < -0.39 is 35.5 Å². The van der Waals surface area contributed by atoms with E-state index in [2.05, 4.69) is 15.1 Å². The quantitative estimate of drug-likeness (QED) is 0.151. The number of nitrogens with two attached hydrogens (primary N) is 1. The summed E-state index contributed by atoms with van der Waals surface area (Å²) in [5.41, 5.74) is 5.67. The molecule has 1 fully saturated rings. The third-order valence-electron chi connectivity index (χ3n) is 7.40. The molecule has 44 heavy (non-hydrogen) atoms. The van der Waals surface area contributed by atoms with Crippen molar-refractivity contribution in [1.82, 2.24) is 14.9 Å². The van der Waals surface area contributed by atoms with E-state index in [1.165, 1.54) is 32.4 Å². The fraction of sp³-hybridized carbons (Fsp3) is 0.333. The Morgan fingerprint density at radius 2 is 1.82 bits per heavy atom. The SMILES string of the molecule is CON=C(c1ccc(F)cc1F)C1CCN(C(=O)c2nc(-c3ccc(OC)c4nc(C(F)(F)F)ccc34)oc2[C@@H](C)N)CC1. The third-order valence-corrected chi connectivity index (χ3v) is 7.40. The Bertz CT molecular complexity index is 1730. The fourth-order valence-electron chi connectivity index (χ4n) is 5.26. The molecule has 0 unspecified atom stereocenters. The Morgan fingerprint density at radius 3 is 2.43 bits per heavy atom. The van der Waals surface area contributed by atoms with Crippen LogP contribution in [0.2, 0.25) is 0 Å². The van der Waals surface area contributed by atoms with Crippen LogP contribution in [-0.4, -0.2) is 53.8 Å². The summed E-state index contributed by atoms with van der Waals surface area (Å²) in [6.45, 7) is 2.12. The number of likely N-dealkylation sites (tertiary alicyclic amines) is 1. The molecule has 1 saturated heterocycles. The van der Waals surface area contributed by atoms with Crippen LogP contribution in [0.15, 0.2) is 52.0 Å². The lowest BCUT2D eigenvalue weighted by molar-refractivity contribution is -0.140. The Kier molecular flexibility index (Phi) is 8.55. The number of nitrogens with zero attached hydrogens (tertiary/aromatic N) is 4. The van der Waals surface area contributed by atoms with E-state index in [1.54, 1.807) is 17.9 Å². The summed E-state index contributed by atoms with van der Waals surface area (Å²) in [7, 11) is 2.64. The van der Waals surface area contributed by atoms with Crippen molar-refractivity contribution in [2.24, 2.45) is 16.8 Å². The van der Waals surface area contributed by atoms with Crippen LogP contribution in [0.4, 0.5) is 22.0 Å². The van der Waals surface area contributed by atoms with Crippen LogP contribution in [0, 0.1) is 17.6 Å². The number of amides is 1. The summed E-state index contributed by atoms with van der Waals surface area (Å²) in [6, 6.07) is 7.55. The average Bonchev–Trinajstić information content (AvgIpc) is 3.44. The van der Waals surface area contributed by atoms with Gasteiger partial charge in [-0.25, -0.2) is 18.7 Å². The zero-order chi connectivity index (χ0) is 31.8. The predicted molar refractivity (Wildman–Crippen MR) is 150 cm³/mol. The van der Waals surface area contributed by atoms with Crippen molar-refractivity contribution in [3.63, 3.8) is 0 Å². The molecule has 2 N–H and O–H groups in total. The summed E-state index contributed by atoms with van der Waals surface area (Å²) in [6.07, 6.45) is -3.87. The number of carbonyl (C=O) groups is 1. The van der Waals surface area contributed by atoms with E-state index in [1.807, 2.05) is 0 Å². The highest BCUT2D eigenvalue weighted by atomic mass is 19.4. The van der Waals surface area contributed by atoms with Crippen molar-refractivity contribution in [1.29, 1.82) is 0 Å². The van der Waals surface area contributed by atoms with Gasteiger partial charge in [0.2, 0.25) is 5.89 Å². The Labute approximate surface area is 248 Å². The first kappa shape index (κ1) is 30.9. The number of ether oxygens (including phenoxy) is 1. The second kappa shape index (κ2) is 12.2. The van der Waals surface area contributed by atoms with Crippen LogP contribution in [0.1, 0.15) is 53.3 Å². The smallest absolute Gasteiger partial charge is 0.433 e. The number of hydrogen-bond donors (Lipinski definition) is 1. The number of carbonyl (C=O) groups excluding carboxylic acids is 1. The van der Waals surface area contributed by atoms with Gasteiger partial charge in [-0.1, -0.05) is 5.16 Å². The monoisotopic (exact) mass is 617 g/mol. The molecule has 4 aromatic rings. The lowest BCUT2D eigenvalue weighted by atomic mass is 9.87. The molecule has 3 heterocycles. The summed E-state index contributed by atoms with van der Waals surface area (Å²) >= 11 is 0. The van der Waals surface area contributed by atoms with Crippen molar-refractivity contribution in [3.05, 3.63) is 76.8 Å². The first-order valence-electron chi connectivity index (χ1n) is 13.6. The minimum absolute atomic E-state index is 0.0222. The number of aromatic nitrogens is 2. The molecule has 1 amide bonds. The highest BCUT2D eigenvalue weighted by Gasteiger charge is 2.35. The maximum absolute atomic E-state index is 14.5. The van der Waals surface area contributed by atoms with Gasteiger partial charge in [-0.05, 0) is 56.2 Å². The maximum Gasteiger partial charge on any atom is 0.433 e. The number of piperidine rings is 1. The van der Waals surface area contributed by atoms with Crippen LogP contribution in [0.5, 0.6) is 5.75 Å². The van der Waals surface area contributed by atoms with Gasteiger partial charge in [0, 0.05) is 41.6 Å². The molecule has 0 spiro atoms. The highest BCUT2D eigenvalue weighted by molar-refractivity contribution is 6.02. The van der Waals surface area contributed by atoms with Gasteiger partial charge in [0.05, 0.1) is 18.9 Å². The number of methoxy groups -OCH3 is 1. The number of halogens is 5. The summed E-state index contributed by atoms with van der Waals surface area (Å²) < 4.78 is 79.3. The minimum Gasteiger partial charge on any atom is -0.494 e. The van der Waals surface area contributed by atoms with E-state index in [-0.39, 0.29) is 58.6 Å². The lowest BCUT2D eigenvalue weighted by Crippen LogP contribution is -2.41. The first-order chi connectivity index (χ1) is 20.9. The minimum atomic E-state index is -4.67. The van der Waals surface area contributed by atoms with Crippen LogP contribution in [0.25, 0.3) is 22.4 Å². The van der Waals surface area contributed by atoms with Gasteiger partial charge in [-0.2, -0.15) is 13.2 Å². The van der Waals surface area contributed by atoms with E-state index in [0.29, 0.717) is 24.1 Å². The average molecular weight is 618 g/mol. The second-order valence-corrected chi connectivity index (χ2v) is 10.3. The van der Waals surface area contributed by atoms with Crippen molar-refractivity contribution < 1.29 is 40.7 Å². The molecule has 1 aliphatic heterocycles. The van der Waals surface area contributed by atoms with E-state index in [0.717, 1.165) is 18.2 Å². The van der Waals surface area contributed by atoms with Crippen LogP contribution < -0.4 is 10.5 Å². The fourth-order valence-corrected chi connectivity index (χ4v) is 5.26. The number of fused-ring (bicyclic) bond motifs is 1. The Hall–Kier alpha value is -4.59. The van der Waals surface area contributed by atoms with Gasteiger partial charge < -0.3 is 24.6 Å². The van der Waals surface area contributed by atoms with Gasteiger partial charge >= 0.3 is 6.18 Å².